The van der Waals surface area contributed by atoms with Crippen LogP contribution in [0.5, 0.6) is 0 Å². The lowest BCUT2D eigenvalue weighted by Crippen LogP contribution is -2.36. The summed E-state index contributed by atoms with van der Waals surface area (Å²) in [4.78, 5) is 23.6. The van der Waals surface area contributed by atoms with Crippen LogP contribution in [0, 0.1) is 0 Å². The van der Waals surface area contributed by atoms with Crippen LogP contribution in [0.3, 0.4) is 0 Å². The molecule has 2 aromatic heterocycles. The highest BCUT2D eigenvalue weighted by Gasteiger charge is 2.18. The zero-order valence-corrected chi connectivity index (χ0v) is 10.9. The van der Waals surface area contributed by atoms with Crippen molar-refractivity contribution < 1.29 is 9.53 Å². The number of anilines is 1. The molecule has 0 atom stereocenters. The number of ether oxygens (including phenoxy) is 1. The minimum atomic E-state index is -0.309. The van der Waals surface area contributed by atoms with Gasteiger partial charge in [-0.05, 0) is 6.07 Å². The smallest absolute Gasteiger partial charge is 0.275 e. The molecule has 8 heteroatoms. The average Bonchev–Trinajstić information content (AvgIpc) is 2.91. The predicted octanol–water partition coefficient (Wildman–Crippen LogP) is 0.131. The largest absolute Gasteiger partial charge is 0.378 e. The Labute approximate surface area is 113 Å². The topological polar surface area (TPSA) is 93.4 Å². The monoisotopic (exact) mass is 279 g/mol. The van der Waals surface area contributed by atoms with E-state index in [4.69, 9.17) is 10.6 Å². The molecule has 7 nitrogen and oxygen atoms in total. The third-order valence-corrected chi connectivity index (χ3v) is 4.02. The van der Waals surface area contributed by atoms with Crippen LogP contribution >= 0.6 is 11.3 Å². The Balaban J connectivity index is 2.04. The first kappa shape index (κ1) is 12.3. The quantitative estimate of drug-likeness (QED) is 0.461. The van der Waals surface area contributed by atoms with E-state index in [1.54, 1.807) is 6.07 Å². The van der Waals surface area contributed by atoms with Crippen LogP contribution in [-0.4, -0.2) is 42.2 Å². The molecular weight excluding hydrogens is 266 g/mol. The summed E-state index contributed by atoms with van der Waals surface area (Å²) in [5.41, 5.74) is 2.13. The molecule has 19 heavy (non-hydrogen) atoms. The number of thiophene rings is 1. The van der Waals surface area contributed by atoms with E-state index in [9.17, 15) is 4.79 Å². The number of nitrogens with zero attached hydrogens (tertiary/aromatic N) is 3. The van der Waals surface area contributed by atoms with E-state index in [-0.39, 0.29) is 5.91 Å². The zero-order chi connectivity index (χ0) is 13.2. The molecule has 1 saturated heterocycles. The van der Waals surface area contributed by atoms with Gasteiger partial charge in [0.1, 0.15) is 17.0 Å². The van der Waals surface area contributed by atoms with Gasteiger partial charge in [-0.25, -0.2) is 15.8 Å². The van der Waals surface area contributed by atoms with Crippen molar-refractivity contribution in [1.82, 2.24) is 15.4 Å². The molecule has 0 spiro atoms. The molecule has 3 rings (SSSR count). The fourth-order valence-electron chi connectivity index (χ4n) is 2.05. The number of aromatic nitrogens is 2. The number of hydrogen-bond acceptors (Lipinski definition) is 7. The number of carbonyl (C=O) groups excluding carboxylic acids is 1. The lowest BCUT2D eigenvalue weighted by molar-refractivity contribution is 0.0957. The fourth-order valence-corrected chi connectivity index (χ4v) is 2.95. The van der Waals surface area contributed by atoms with Gasteiger partial charge in [0.25, 0.3) is 5.91 Å². The third-order valence-electron chi connectivity index (χ3n) is 2.97. The van der Waals surface area contributed by atoms with E-state index in [1.807, 2.05) is 0 Å². The summed E-state index contributed by atoms with van der Waals surface area (Å²) in [6.07, 6.45) is 1.52. The first-order chi connectivity index (χ1) is 9.29. The molecule has 0 aliphatic carbocycles. The van der Waals surface area contributed by atoms with Crippen molar-refractivity contribution in [2.24, 2.45) is 5.84 Å². The number of fused-ring (bicyclic) bond motifs is 1. The fraction of sp³-hybridized carbons (Fsp3) is 0.364. The highest BCUT2D eigenvalue weighted by molar-refractivity contribution is 7.20. The summed E-state index contributed by atoms with van der Waals surface area (Å²) in [7, 11) is 0. The summed E-state index contributed by atoms with van der Waals surface area (Å²) in [5.74, 6) is 5.69. The molecule has 0 saturated carbocycles. The number of rotatable bonds is 2. The molecule has 1 aliphatic heterocycles. The molecule has 0 bridgehead atoms. The standard InChI is InChI=1S/C11H13N5O2S/c12-15-10(17)8-5-7-9(13-6-14-11(7)19-8)16-1-3-18-4-2-16/h5-6H,1-4,12H2,(H,15,17). The summed E-state index contributed by atoms with van der Waals surface area (Å²) in [6, 6.07) is 1.78. The number of nitrogens with one attached hydrogen (secondary N) is 1. The number of amides is 1. The molecule has 0 aromatic carbocycles. The van der Waals surface area contributed by atoms with Gasteiger partial charge < -0.3 is 9.64 Å². The number of morpholine rings is 1. The highest BCUT2D eigenvalue weighted by atomic mass is 32.1. The Bertz CT molecular complexity index is 608. The first-order valence-electron chi connectivity index (χ1n) is 5.88. The molecule has 1 aliphatic rings. The zero-order valence-electron chi connectivity index (χ0n) is 10.1. The Morgan fingerprint density at radius 2 is 2.21 bits per heavy atom. The average molecular weight is 279 g/mol. The lowest BCUT2D eigenvalue weighted by Gasteiger charge is -2.28. The third kappa shape index (κ3) is 2.25. The molecule has 3 N–H and O–H groups in total. The summed E-state index contributed by atoms with van der Waals surface area (Å²) < 4.78 is 5.33. The van der Waals surface area contributed by atoms with Gasteiger partial charge in [0, 0.05) is 13.1 Å². The van der Waals surface area contributed by atoms with Gasteiger partial charge >= 0.3 is 0 Å². The van der Waals surface area contributed by atoms with Crippen molar-refractivity contribution in [3.05, 3.63) is 17.3 Å². The molecule has 3 heterocycles. The van der Waals surface area contributed by atoms with E-state index in [0.29, 0.717) is 18.1 Å². The summed E-state index contributed by atoms with van der Waals surface area (Å²) in [6.45, 7) is 2.96. The minimum Gasteiger partial charge on any atom is -0.378 e. The van der Waals surface area contributed by atoms with Crippen LogP contribution in [0.4, 0.5) is 5.82 Å². The van der Waals surface area contributed by atoms with Gasteiger partial charge in [0.2, 0.25) is 0 Å². The number of hydrogen-bond donors (Lipinski definition) is 2. The van der Waals surface area contributed by atoms with E-state index in [2.05, 4.69) is 20.3 Å². The second-order valence-electron chi connectivity index (χ2n) is 4.10. The Morgan fingerprint density at radius 1 is 1.42 bits per heavy atom. The van der Waals surface area contributed by atoms with Crippen molar-refractivity contribution in [2.75, 3.05) is 31.2 Å². The number of hydrazine groups is 1. The summed E-state index contributed by atoms with van der Waals surface area (Å²) >= 11 is 1.31. The number of nitrogen functional groups attached to an aromatic ring is 1. The van der Waals surface area contributed by atoms with Gasteiger partial charge in [-0.2, -0.15) is 0 Å². The molecule has 2 aromatic rings. The van der Waals surface area contributed by atoms with Gasteiger partial charge in [-0.15, -0.1) is 11.3 Å². The van der Waals surface area contributed by atoms with Crippen molar-refractivity contribution >= 4 is 33.3 Å². The Kier molecular flexibility index (Phi) is 3.28. The Hall–Kier alpha value is -1.77. The van der Waals surface area contributed by atoms with Crippen LogP contribution in [-0.2, 0) is 4.74 Å². The maximum Gasteiger partial charge on any atom is 0.275 e. The van der Waals surface area contributed by atoms with E-state index in [0.717, 1.165) is 29.1 Å². The van der Waals surface area contributed by atoms with Crippen LogP contribution in [0.15, 0.2) is 12.4 Å². The second kappa shape index (κ2) is 5.08. The highest BCUT2D eigenvalue weighted by Crippen LogP contribution is 2.30. The van der Waals surface area contributed by atoms with E-state index < -0.39 is 0 Å². The van der Waals surface area contributed by atoms with Crippen LogP contribution in [0.2, 0.25) is 0 Å². The first-order valence-corrected chi connectivity index (χ1v) is 6.69. The van der Waals surface area contributed by atoms with Crippen molar-refractivity contribution in [3.63, 3.8) is 0 Å². The van der Waals surface area contributed by atoms with Gasteiger partial charge in [0.15, 0.2) is 0 Å². The lowest BCUT2D eigenvalue weighted by atomic mass is 10.3. The van der Waals surface area contributed by atoms with Crippen molar-refractivity contribution in [2.45, 2.75) is 0 Å². The molecule has 0 radical (unpaired) electrons. The predicted molar refractivity (Wildman–Crippen MR) is 72.1 cm³/mol. The van der Waals surface area contributed by atoms with E-state index >= 15 is 0 Å². The molecule has 100 valence electrons. The Morgan fingerprint density at radius 3 is 2.95 bits per heavy atom. The number of carbonyl (C=O) groups is 1. The molecule has 0 unspecified atom stereocenters. The maximum atomic E-state index is 11.6. The van der Waals surface area contributed by atoms with Crippen LogP contribution in [0.1, 0.15) is 9.67 Å². The van der Waals surface area contributed by atoms with Crippen molar-refractivity contribution in [1.29, 1.82) is 0 Å². The normalized spacial score (nSPS) is 15.7. The summed E-state index contributed by atoms with van der Waals surface area (Å²) in [5, 5.41) is 0.882. The minimum absolute atomic E-state index is 0.309. The van der Waals surface area contributed by atoms with Gasteiger partial charge in [-0.3, -0.25) is 10.2 Å². The second-order valence-corrected chi connectivity index (χ2v) is 5.13. The molecule has 1 amide bonds. The number of nitrogens with two attached hydrogens (primary N) is 1. The maximum absolute atomic E-state index is 11.6. The molecule has 1 fully saturated rings. The SMILES string of the molecule is NNC(=O)c1cc2c(N3CCOCC3)ncnc2s1. The van der Waals surface area contributed by atoms with E-state index in [1.165, 1.54) is 17.7 Å². The van der Waals surface area contributed by atoms with Gasteiger partial charge in [-0.1, -0.05) is 0 Å². The van der Waals surface area contributed by atoms with Crippen LogP contribution in [0.25, 0.3) is 10.2 Å². The van der Waals surface area contributed by atoms with Crippen LogP contribution < -0.4 is 16.2 Å². The van der Waals surface area contributed by atoms with Crippen molar-refractivity contribution in [3.8, 4) is 0 Å². The molecular formula is C11H13N5O2S. The van der Waals surface area contributed by atoms with Gasteiger partial charge in [0.05, 0.1) is 23.5 Å².